The quantitative estimate of drug-likeness (QED) is 0.891. The van der Waals surface area contributed by atoms with E-state index in [1.54, 1.807) is 17.2 Å². The van der Waals surface area contributed by atoms with Gasteiger partial charge in [-0.2, -0.15) is 0 Å². The van der Waals surface area contributed by atoms with Gasteiger partial charge in [0.1, 0.15) is 10.7 Å². The molecular formula is C19H23N3O3S. The lowest BCUT2D eigenvalue weighted by Crippen LogP contribution is -2.46. The summed E-state index contributed by atoms with van der Waals surface area (Å²) in [6.45, 7) is 5.40. The lowest BCUT2D eigenvalue weighted by molar-refractivity contribution is 0.0857. The number of aryl methyl sites for hydroxylation is 1. The monoisotopic (exact) mass is 373 g/mol. The number of benzene rings is 1. The number of thiazole rings is 1. The zero-order valence-corrected chi connectivity index (χ0v) is 15.8. The molecule has 0 radical (unpaired) electrons. The molecule has 1 N–H and O–H groups in total. The standard InChI is InChI=1S/C19H23N3O3S/c1-3-25-19(24)22-10-8-15(9-11-22)20-17(23)16-12-26-18(21-16)14-6-4-13(2)5-7-14/h4-7,12,15H,3,8-11H2,1-2H3,(H,20,23). The molecule has 0 unspecified atom stereocenters. The topological polar surface area (TPSA) is 71.5 Å². The van der Waals surface area contributed by atoms with Crippen molar-refractivity contribution in [3.8, 4) is 10.6 Å². The van der Waals surface area contributed by atoms with Gasteiger partial charge in [0.25, 0.3) is 5.91 Å². The Bertz CT molecular complexity index is 765. The predicted octanol–water partition coefficient (Wildman–Crippen LogP) is 3.47. The second-order valence-electron chi connectivity index (χ2n) is 6.34. The highest BCUT2D eigenvalue weighted by Gasteiger charge is 2.25. The molecule has 26 heavy (non-hydrogen) atoms. The summed E-state index contributed by atoms with van der Waals surface area (Å²) in [7, 11) is 0. The zero-order valence-electron chi connectivity index (χ0n) is 15.0. The van der Waals surface area contributed by atoms with Gasteiger partial charge in [0.2, 0.25) is 0 Å². The van der Waals surface area contributed by atoms with Crippen molar-refractivity contribution in [3.63, 3.8) is 0 Å². The Morgan fingerprint density at radius 3 is 2.62 bits per heavy atom. The van der Waals surface area contributed by atoms with Gasteiger partial charge in [-0.25, -0.2) is 9.78 Å². The number of nitrogens with zero attached hydrogens (tertiary/aromatic N) is 2. The lowest BCUT2D eigenvalue weighted by Gasteiger charge is -2.31. The number of hydrogen-bond acceptors (Lipinski definition) is 5. The van der Waals surface area contributed by atoms with E-state index in [0.29, 0.717) is 25.4 Å². The molecule has 6 nitrogen and oxygen atoms in total. The van der Waals surface area contributed by atoms with Crippen LogP contribution in [0.2, 0.25) is 0 Å². The summed E-state index contributed by atoms with van der Waals surface area (Å²) in [5.41, 5.74) is 2.65. The molecule has 1 fully saturated rings. The molecule has 1 aliphatic rings. The van der Waals surface area contributed by atoms with Gasteiger partial charge in [-0.1, -0.05) is 29.8 Å². The summed E-state index contributed by atoms with van der Waals surface area (Å²) in [5.74, 6) is -0.158. The predicted molar refractivity (Wildman–Crippen MR) is 101 cm³/mol. The normalized spacial score (nSPS) is 14.9. The maximum atomic E-state index is 12.5. The fraction of sp³-hybridized carbons (Fsp3) is 0.421. The molecule has 1 aromatic heterocycles. The first-order chi connectivity index (χ1) is 12.6. The highest BCUT2D eigenvalue weighted by Crippen LogP contribution is 2.24. The third kappa shape index (κ3) is 4.40. The van der Waals surface area contributed by atoms with Crippen LogP contribution in [0.5, 0.6) is 0 Å². The number of rotatable bonds is 4. The zero-order chi connectivity index (χ0) is 18.5. The number of carbonyl (C=O) groups excluding carboxylic acids is 2. The molecule has 0 atom stereocenters. The number of amides is 2. The van der Waals surface area contributed by atoms with E-state index in [1.165, 1.54) is 16.9 Å². The number of aromatic nitrogens is 1. The SMILES string of the molecule is CCOC(=O)N1CCC(NC(=O)c2csc(-c3ccc(C)cc3)n2)CC1. The van der Waals surface area contributed by atoms with Crippen LogP contribution in [-0.4, -0.2) is 47.6 Å². The summed E-state index contributed by atoms with van der Waals surface area (Å²) >= 11 is 1.47. The molecule has 0 bridgehead atoms. The van der Waals surface area contributed by atoms with Crippen LogP contribution in [-0.2, 0) is 4.74 Å². The van der Waals surface area contributed by atoms with E-state index in [9.17, 15) is 9.59 Å². The Balaban J connectivity index is 1.55. The van der Waals surface area contributed by atoms with Crippen LogP contribution in [0.15, 0.2) is 29.6 Å². The molecule has 1 saturated heterocycles. The van der Waals surface area contributed by atoms with Gasteiger partial charge in [0.05, 0.1) is 6.61 Å². The highest BCUT2D eigenvalue weighted by molar-refractivity contribution is 7.13. The van der Waals surface area contributed by atoms with Gasteiger partial charge < -0.3 is 15.0 Å². The summed E-state index contributed by atoms with van der Waals surface area (Å²) in [4.78, 5) is 30.3. The number of nitrogens with one attached hydrogen (secondary N) is 1. The first kappa shape index (κ1) is 18.4. The molecule has 2 heterocycles. The summed E-state index contributed by atoms with van der Waals surface area (Å²) in [6.07, 6.45) is 1.17. The van der Waals surface area contributed by atoms with E-state index in [1.807, 2.05) is 31.2 Å². The lowest BCUT2D eigenvalue weighted by atomic mass is 10.1. The molecule has 0 saturated carbocycles. The van der Waals surface area contributed by atoms with Gasteiger partial charge in [0.15, 0.2) is 0 Å². The maximum Gasteiger partial charge on any atom is 0.409 e. The molecule has 7 heteroatoms. The van der Waals surface area contributed by atoms with E-state index in [-0.39, 0.29) is 18.0 Å². The van der Waals surface area contributed by atoms with Gasteiger partial charge in [-0.3, -0.25) is 4.79 Å². The first-order valence-electron chi connectivity index (χ1n) is 8.82. The van der Waals surface area contributed by atoms with Crippen molar-refractivity contribution in [1.82, 2.24) is 15.2 Å². The number of ether oxygens (including phenoxy) is 1. The van der Waals surface area contributed by atoms with Crippen molar-refractivity contribution in [2.75, 3.05) is 19.7 Å². The van der Waals surface area contributed by atoms with Gasteiger partial charge in [-0.15, -0.1) is 11.3 Å². The number of piperidine rings is 1. The van der Waals surface area contributed by atoms with Crippen LogP contribution >= 0.6 is 11.3 Å². The fourth-order valence-corrected chi connectivity index (χ4v) is 3.69. The van der Waals surface area contributed by atoms with Crippen molar-refractivity contribution >= 4 is 23.3 Å². The van der Waals surface area contributed by atoms with Crippen LogP contribution < -0.4 is 5.32 Å². The molecule has 1 aliphatic heterocycles. The number of hydrogen-bond donors (Lipinski definition) is 1. The number of likely N-dealkylation sites (tertiary alicyclic amines) is 1. The second kappa shape index (κ2) is 8.31. The Morgan fingerprint density at radius 2 is 1.96 bits per heavy atom. The summed E-state index contributed by atoms with van der Waals surface area (Å²) in [6, 6.07) is 8.15. The molecule has 0 spiro atoms. The summed E-state index contributed by atoms with van der Waals surface area (Å²) < 4.78 is 5.01. The number of carbonyl (C=O) groups is 2. The van der Waals surface area contributed by atoms with E-state index in [2.05, 4.69) is 10.3 Å². The Hall–Kier alpha value is -2.41. The molecule has 2 amide bonds. The molecule has 2 aromatic rings. The average molecular weight is 373 g/mol. The minimum Gasteiger partial charge on any atom is -0.450 e. The van der Waals surface area contributed by atoms with Gasteiger partial charge >= 0.3 is 6.09 Å². The largest absolute Gasteiger partial charge is 0.450 e. The van der Waals surface area contributed by atoms with Crippen molar-refractivity contribution in [1.29, 1.82) is 0 Å². The van der Waals surface area contributed by atoms with E-state index >= 15 is 0 Å². The third-order valence-electron chi connectivity index (χ3n) is 4.39. The molecule has 1 aromatic carbocycles. The minimum atomic E-state index is -0.278. The maximum absolute atomic E-state index is 12.5. The van der Waals surface area contributed by atoms with Gasteiger partial charge in [-0.05, 0) is 26.7 Å². The average Bonchev–Trinajstić information content (AvgIpc) is 3.13. The Morgan fingerprint density at radius 1 is 1.27 bits per heavy atom. The van der Waals surface area contributed by atoms with Crippen LogP contribution in [0.3, 0.4) is 0 Å². The van der Waals surface area contributed by atoms with Gasteiger partial charge in [0, 0.05) is 30.1 Å². The smallest absolute Gasteiger partial charge is 0.409 e. The van der Waals surface area contributed by atoms with E-state index in [0.717, 1.165) is 23.4 Å². The minimum absolute atomic E-state index is 0.0534. The fourth-order valence-electron chi connectivity index (χ4n) is 2.89. The van der Waals surface area contributed by atoms with Crippen molar-refractivity contribution < 1.29 is 14.3 Å². The van der Waals surface area contributed by atoms with Crippen LogP contribution in [0.1, 0.15) is 35.8 Å². The Kier molecular flexibility index (Phi) is 5.88. The first-order valence-corrected chi connectivity index (χ1v) is 9.70. The molecule has 3 rings (SSSR count). The Labute approximate surface area is 157 Å². The van der Waals surface area contributed by atoms with Crippen molar-refractivity contribution in [2.24, 2.45) is 0 Å². The van der Waals surface area contributed by atoms with E-state index < -0.39 is 0 Å². The second-order valence-corrected chi connectivity index (χ2v) is 7.20. The van der Waals surface area contributed by atoms with Crippen molar-refractivity contribution in [3.05, 3.63) is 40.9 Å². The summed E-state index contributed by atoms with van der Waals surface area (Å²) in [5, 5.41) is 5.66. The van der Waals surface area contributed by atoms with Crippen LogP contribution in [0.4, 0.5) is 4.79 Å². The van der Waals surface area contributed by atoms with Crippen LogP contribution in [0, 0.1) is 6.92 Å². The van der Waals surface area contributed by atoms with E-state index in [4.69, 9.17) is 4.74 Å². The molecule has 0 aliphatic carbocycles. The molecular weight excluding hydrogens is 350 g/mol. The van der Waals surface area contributed by atoms with Crippen LogP contribution in [0.25, 0.3) is 10.6 Å². The molecule has 138 valence electrons. The third-order valence-corrected chi connectivity index (χ3v) is 5.28. The highest BCUT2D eigenvalue weighted by atomic mass is 32.1. The van der Waals surface area contributed by atoms with Crippen molar-refractivity contribution in [2.45, 2.75) is 32.7 Å².